The molecule has 3 heterocycles. The summed E-state index contributed by atoms with van der Waals surface area (Å²) in [4.78, 5) is 4.42. The van der Waals surface area contributed by atoms with Gasteiger partial charge in [0.1, 0.15) is 0 Å². The molecule has 1 atom stereocenters. The Hall–Kier alpha value is -3.03. The van der Waals surface area contributed by atoms with Gasteiger partial charge in [0.25, 0.3) is 0 Å². The first-order chi connectivity index (χ1) is 12.3. The van der Waals surface area contributed by atoms with Crippen molar-refractivity contribution in [3.8, 4) is 5.69 Å². The van der Waals surface area contributed by atoms with E-state index in [0.29, 0.717) is 6.04 Å². The van der Waals surface area contributed by atoms with E-state index in [9.17, 15) is 0 Å². The minimum absolute atomic E-state index is 0.364. The fraction of sp³-hybridized carbons (Fsp3) is 0.353. The van der Waals surface area contributed by atoms with Crippen molar-refractivity contribution in [2.75, 3.05) is 29.9 Å². The number of likely N-dealkylation sites (N-methyl/N-ethyl adjacent to an activating group) is 1. The summed E-state index contributed by atoms with van der Waals surface area (Å²) >= 11 is 0. The Labute approximate surface area is 146 Å². The van der Waals surface area contributed by atoms with E-state index in [0.717, 1.165) is 43.4 Å². The molecule has 1 fully saturated rings. The molecule has 0 radical (unpaired) electrons. The Morgan fingerprint density at radius 3 is 2.80 bits per heavy atom. The van der Waals surface area contributed by atoms with Crippen molar-refractivity contribution < 1.29 is 0 Å². The molecule has 3 aromatic rings. The van der Waals surface area contributed by atoms with Crippen LogP contribution < -0.4 is 9.80 Å². The first-order valence-corrected chi connectivity index (χ1v) is 8.42. The van der Waals surface area contributed by atoms with Gasteiger partial charge in [0.05, 0.1) is 5.69 Å². The Bertz CT molecular complexity index is 804. The largest absolute Gasteiger partial charge is 0.350 e. The molecule has 0 saturated carbocycles. The van der Waals surface area contributed by atoms with E-state index in [2.05, 4.69) is 35.5 Å². The second-order valence-corrected chi connectivity index (χ2v) is 6.18. The Balaban J connectivity index is 1.53. The minimum Gasteiger partial charge on any atom is -0.350 e. The maximum absolute atomic E-state index is 4.26. The van der Waals surface area contributed by atoms with Crippen molar-refractivity contribution in [2.45, 2.75) is 18.9 Å². The van der Waals surface area contributed by atoms with Crippen LogP contribution in [-0.4, -0.2) is 56.6 Å². The molecule has 8 nitrogen and oxygen atoms in total. The van der Waals surface area contributed by atoms with Crippen LogP contribution in [0.1, 0.15) is 12.8 Å². The fourth-order valence-electron chi connectivity index (χ4n) is 3.33. The lowest BCUT2D eigenvalue weighted by molar-refractivity contribution is 0.634. The second kappa shape index (κ2) is 6.84. The highest BCUT2D eigenvalue weighted by atomic mass is 15.6. The van der Waals surface area contributed by atoms with Gasteiger partial charge in [-0.2, -0.15) is 9.78 Å². The van der Waals surface area contributed by atoms with Crippen LogP contribution in [-0.2, 0) is 0 Å². The zero-order valence-corrected chi connectivity index (χ0v) is 14.1. The van der Waals surface area contributed by atoms with E-state index in [1.165, 1.54) is 0 Å². The van der Waals surface area contributed by atoms with Gasteiger partial charge in [-0.3, -0.25) is 0 Å². The number of tetrazole rings is 1. The number of aromatic nitrogens is 6. The average molecular weight is 336 g/mol. The van der Waals surface area contributed by atoms with Crippen LogP contribution in [0.5, 0.6) is 0 Å². The molecule has 1 unspecified atom stereocenters. The van der Waals surface area contributed by atoms with Crippen molar-refractivity contribution in [2.24, 2.45) is 0 Å². The molecule has 0 bridgehead atoms. The minimum atomic E-state index is 0.364. The summed E-state index contributed by atoms with van der Waals surface area (Å²) in [6, 6.07) is 14.2. The van der Waals surface area contributed by atoms with Crippen molar-refractivity contribution >= 4 is 11.8 Å². The molecule has 8 heteroatoms. The molecule has 2 aromatic heterocycles. The lowest BCUT2D eigenvalue weighted by Crippen LogP contribution is -2.40. The van der Waals surface area contributed by atoms with Gasteiger partial charge in [-0.05, 0) is 47.5 Å². The van der Waals surface area contributed by atoms with E-state index < -0.39 is 0 Å². The normalized spacial score (nSPS) is 17.0. The maximum atomic E-state index is 4.26. The first kappa shape index (κ1) is 15.5. The molecule has 128 valence electrons. The molecule has 1 aliphatic heterocycles. The third-order valence-electron chi connectivity index (χ3n) is 4.51. The van der Waals surface area contributed by atoms with E-state index in [1.54, 1.807) is 10.9 Å². The van der Waals surface area contributed by atoms with Crippen molar-refractivity contribution in [3.05, 3.63) is 48.7 Å². The SMILES string of the molecule is CN(CC1CCCN1c1cccnn1)c1nnnn1-c1ccccc1. The molecular formula is C17H20N8. The third kappa shape index (κ3) is 3.15. The van der Waals surface area contributed by atoms with Crippen LogP contribution >= 0.6 is 0 Å². The van der Waals surface area contributed by atoms with Gasteiger partial charge in [0, 0.05) is 32.4 Å². The number of hydrogen-bond donors (Lipinski definition) is 0. The van der Waals surface area contributed by atoms with Crippen LogP contribution in [0.15, 0.2) is 48.7 Å². The highest BCUT2D eigenvalue weighted by Crippen LogP contribution is 2.25. The summed E-state index contributed by atoms with van der Waals surface area (Å²) in [5.41, 5.74) is 0.951. The molecule has 0 spiro atoms. The monoisotopic (exact) mass is 336 g/mol. The van der Waals surface area contributed by atoms with Crippen LogP contribution in [0.2, 0.25) is 0 Å². The van der Waals surface area contributed by atoms with Crippen LogP contribution in [0.3, 0.4) is 0 Å². The van der Waals surface area contributed by atoms with Crippen LogP contribution in [0, 0.1) is 0 Å². The molecule has 25 heavy (non-hydrogen) atoms. The zero-order valence-electron chi connectivity index (χ0n) is 14.1. The van der Waals surface area contributed by atoms with Gasteiger partial charge < -0.3 is 9.80 Å². The molecule has 0 aliphatic carbocycles. The standard InChI is InChI=1S/C17H20N8/c1-23(17-20-21-22-25(17)14-7-3-2-4-8-14)13-15-9-6-12-24(15)16-10-5-11-18-19-16/h2-5,7-8,10-11,15H,6,9,12-13H2,1H3. The van der Waals surface area contributed by atoms with Gasteiger partial charge in [-0.15, -0.1) is 5.10 Å². The number of anilines is 2. The molecule has 1 saturated heterocycles. The van der Waals surface area contributed by atoms with Gasteiger partial charge in [-0.1, -0.05) is 23.3 Å². The molecule has 4 rings (SSSR count). The van der Waals surface area contributed by atoms with Crippen LogP contribution in [0.4, 0.5) is 11.8 Å². The lowest BCUT2D eigenvalue weighted by atomic mass is 10.2. The number of nitrogens with zero attached hydrogens (tertiary/aromatic N) is 8. The summed E-state index contributed by atoms with van der Waals surface area (Å²) in [6.07, 6.45) is 3.97. The number of rotatable bonds is 5. The highest BCUT2D eigenvalue weighted by Gasteiger charge is 2.28. The highest BCUT2D eigenvalue weighted by molar-refractivity contribution is 5.43. The van der Waals surface area contributed by atoms with E-state index in [1.807, 2.05) is 49.5 Å². The van der Waals surface area contributed by atoms with Crippen molar-refractivity contribution in [3.63, 3.8) is 0 Å². The van der Waals surface area contributed by atoms with E-state index in [-0.39, 0.29) is 0 Å². The lowest BCUT2D eigenvalue weighted by Gasteiger charge is -2.29. The summed E-state index contributed by atoms with van der Waals surface area (Å²) in [5, 5.41) is 20.5. The second-order valence-electron chi connectivity index (χ2n) is 6.18. The van der Waals surface area contributed by atoms with E-state index >= 15 is 0 Å². The molecular weight excluding hydrogens is 316 g/mol. The van der Waals surface area contributed by atoms with Gasteiger partial charge in [0.2, 0.25) is 5.95 Å². The quantitative estimate of drug-likeness (QED) is 0.700. The average Bonchev–Trinajstić information content (AvgIpc) is 3.32. The molecule has 1 aromatic carbocycles. The summed E-state index contributed by atoms with van der Waals surface area (Å²) in [6.45, 7) is 1.82. The Morgan fingerprint density at radius 1 is 1.12 bits per heavy atom. The van der Waals surface area contributed by atoms with E-state index in [4.69, 9.17) is 0 Å². The number of benzene rings is 1. The predicted molar refractivity (Wildman–Crippen MR) is 94.8 cm³/mol. The fourth-order valence-corrected chi connectivity index (χ4v) is 3.33. The Morgan fingerprint density at radius 2 is 2.00 bits per heavy atom. The first-order valence-electron chi connectivity index (χ1n) is 8.42. The summed E-state index contributed by atoms with van der Waals surface area (Å²) in [5.74, 6) is 1.67. The van der Waals surface area contributed by atoms with Crippen molar-refractivity contribution in [1.82, 2.24) is 30.4 Å². The third-order valence-corrected chi connectivity index (χ3v) is 4.51. The smallest absolute Gasteiger partial charge is 0.250 e. The zero-order chi connectivity index (χ0) is 17.1. The number of para-hydroxylation sites is 1. The van der Waals surface area contributed by atoms with Gasteiger partial charge in [0.15, 0.2) is 5.82 Å². The van der Waals surface area contributed by atoms with Crippen LogP contribution in [0.25, 0.3) is 5.69 Å². The molecule has 1 aliphatic rings. The number of hydrogen-bond acceptors (Lipinski definition) is 7. The molecule has 0 amide bonds. The van der Waals surface area contributed by atoms with Crippen molar-refractivity contribution in [1.29, 1.82) is 0 Å². The molecule has 0 N–H and O–H groups in total. The summed E-state index contributed by atoms with van der Waals surface area (Å²) < 4.78 is 1.77. The Kier molecular flexibility index (Phi) is 4.24. The maximum Gasteiger partial charge on any atom is 0.250 e. The topological polar surface area (TPSA) is 75.9 Å². The predicted octanol–water partition coefficient (Wildman–Crippen LogP) is 1.56. The van der Waals surface area contributed by atoms with Gasteiger partial charge >= 0.3 is 0 Å². The summed E-state index contributed by atoms with van der Waals surface area (Å²) in [7, 11) is 2.03. The van der Waals surface area contributed by atoms with Gasteiger partial charge in [-0.25, -0.2) is 0 Å².